The second-order valence-corrected chi connectivity index (χ2v) is 6.79. The van der Waals surface area contributed by atoms with Crippen LogP contribution in [0, 0.1) is 23.7 Å². The molecule has 0 aromatic heterocycles. The van der Waals surface area contributed by atoms with Gasteiger partial charge in [-0.2, -0.15) is 8.78 Å². The Morgan fingerprint density at radius 1 is 1.30 bits per heavy atom. The summed E-state index contributed by atoms with van der Waals surface area (Å²) in [4.78, 5) is 23.7. The molecule has 3 rings (SSSR count). The zero-order valence-electron chi connectivity index (χ0n) is 12.6. The van der Waals surface area contributed by atoms with Crippen LogP contribution in [0.4, 0.5) is 17.6 Å². The molecule has 130 valence electrons. The van der Waals surface area contributed by atoms with E-state index in [0.29, 0.717) is 6.42 Å². The Bertz CT molecular complexity index is 516. The molecule has 3 fully saturated rings. The van der Waals surface area contributed by atoms with Gasteiger partial charge in [0.2, 0.25) is 0 Å². The number of alkyl halides is 4. The summed E-state index contributed by atoms with van der Waals surface area (Å²) in [5, 5.41) is 0. The maximum atomic E-state index is 13.1. The minimum Gasteiger partial charge on any atom is -0.465 e. The van der Waals surface area contributed by atoms with Crippen LogP contribution in [0.3, 0.4) is 0 Å². The van der Waals surface area contributed by atoms with Crippen LogP contribution < -0.4 is 0 Å². The highest BCUT2D eigenvalue weighted by Crippen LogP contribution is 2.57. The number of carbonyl (C=O) groups excluding carboxylic acids is 2. The Morgan fingerprint density at radius 2 is 2.00 bits per heavy atom. The highest BCUT2D eigenvalue weighted by Gasteiger charge is 2.64. The molecule has 2 saturated carbocycles. The van der Waals surface area contributed by atoms with E-state index in [0.717, 1.165) is 6.42 Å². The highest BCUT2D eigenvalue weighted by atomic mass is 19.3. The lowest BCUT2D eigenvalue weighted by Crippen LogP contribution is -2.38. The SMILES string of the molecule is CC(F)(F)C(F)(F)CCCOC(=O)C1C2CC3C(=O)OC1C3C2. The average Bonchev–Trinajstić information content (AvgIpc) is 3.04. The van der Waals surface area contributed by atoms with E-state index in [1.165, 1.54) is 0 Å². The van der Waals surface area contributed by atoms with Crippen molar-refractivity contribution in [1.29, 1.82) is 0 Å². The van der Waals surface area contributed by atoms with Gasteiger partial charge in [0.25, 0.3) is 0 Å². The van der Waals surface area contributed by atoms with Gasteiger partial charge in [0, 0.05) is 19.3 Å². The van der Waals surface area contributed by atoms with Crippen LogP contribution in [0.25, 0.3) is 0 Å². The van der Waals surface area contributed by atoms with Crippen LogP contribution >= 0.6 is 0 Å². The molecular weight excluding hydrogens is 320 g/mol. The summed E-state index contributed by atoms with van der Waals surface area (Å²) in [5.74, 6) is -9.68. The normalized spacial score (nSPS) is 35.5. The van der Waals surface area contributed by atoms with Crippen molar-refractivity contribution in [3.05, 3.63) is 0 Å². The van der Waals surface area contributed by atoms with Crippen LogP contribution in [0.5, 0.6) is 0 Å². The summed E-state index contributed by atoms with van der Waals surface area (Å²) in [6.07, 6.45) is -0.544. The number of carbonyl (C=O) groups is 2. The third kappa shape index (κ3) is 2.70. The first kappa shape index (κ1) is 16.5. The summed E-state index contributed by atoms with van der Waals surface area (Å²) in [7, 11) is 0. The lowest BCUT2D eigenvalue weighted by molar-refractivity contribution is -0.202. The maximum Gasteiger partial charge on any atom is 0.313 e. The summed E-state index contributed by atoms with van der Waals surface area (Å²) < 4.78 is 61.7. The zero-order valence-corrected chi connectivity index (χ0v) is 12.6. The van der Waals surface area contributed by atoms with E-state index in [1.54, 1.807) is 0 Å². The smallest absolute Gasteiger partial charge is 0.313 e. The van der Waals surface area contributed by atoms with Crippen molar-refractivity contribution in [3.63, 3.8) is 0 Å². The number of ether oxygens (including phenoxy) is 2. The first-order valence-electron chi connectivity index (χ1n) is 7.74. The van der Waals surface area contributed by atoms with Crippen molar-refractivity contribution in [3.8, 4) is 0 Å². The Hall–Kier alpha value is -1.34. The molecule has 0 N–H and O–H groups in total. The molecule has 4 nitrogen and oxygen atoms in total. The standard InChI is InChI=1S/C15H18F4O4/c1-14(16,17)15(18,19)3-2-4-22-13(21)10-7-5-8-9(6-7)12(20)23-11(8)10/h7-11H,2-6H2,1H3. The van der Waals surface area contributed by atoms with E-state index in [2.05, 4.69) is 0 Å². The molecule has 0 aromatic carbocycles. The van der Waals surface area contributed by atoms with Gasteiger partial charge in [-0.1, -0.05) is 0 Å². The number of fused-ring (bicyclic) bond motifs is 1. The van der Waals surface area contributed by atoms with E-state index >= 15 is 0 Å². The van der Waals surface area contributed by atoms with Gasteiger partial charge in [-0.3, -0.25) is 9.59 Å². The molecule has 1 aliphatic heterocycles. The van der Waals surface area contributed by atoms with Gasteiger partial charge in [0.15, 0.2) is 0 Å². The Labute approximate surface area is 130 Å². The monoisotopic (exact) mass is 338 g/mol. The van der Waals surface area contributed by atoms with Gasteiger partial charge in [-0.25, -0.2) is 8.78 Å². The number of rotatable bonds is 6. The van der Waals surface area contributed by atoms with Gasteiger partial charge in [0.1, 0.15) is 6.10 Å². The Kier molecular flexibility index (Phi) is 3.84. The van der Waals surface area contributed by atoms with E-state index in [9.17, 15) is 27.2 Å². The molecule has 2 bridgehead atoms. The minimum atomic E-state index is -4.12. The summed E-state index contributed by atoms with van der Waals surface area (Å²) in [6, 6.07) is 0. The van der Waals surface area contributed by atoms with Crippen molar-refractivity contribution in [2.24, 2.45) is 23.7 Å². The van der Waals surface area contributed by atoms with Crippen LogP contribution in [-0.2, 0) is 19.1 Å². The summed E-state index contributed by atoms with van der Waals surface area (Å²) in [5.41, 5.74) is 0. The molecule has 0 aromatic rings. The first-order chi connectivity index (χ1) is 10.6. The van der Waals surface area contributed by atoms with Crippen LogP contribution in [0.1, 0.15) is 32.6 Å². The van der Waals surface area contributed by atoms with Crippen molar-refractivity contribution < 1.29 is 36.6 Å². The van der Waals surface area contributed by atoms with E-state index in [-0.39, 0.29) is 43.7 Å². The van der Waals surface area contributed by atoms with Crippen LogP contribution in [-0.4, -0.2) is 36.5 Å². The van der Waals surface area contributed by atoms with Gasteiger partial charge < -0.3 is 9.47 Å². The molecule has 0 radical (unpaired) electrons. The molecule has 0 spiro atoms. The van der Waals surface area contributed by atoms with Crippen molar-refractivity contribution in [2.45, 2.75) is 50.6 Å². The molecule has 1 saturated heterocycles. The van der Waals surface area contributed by atoms with Gasteiger partial charge >= 0.3 is 23.8 Å². The lowest BCUT2D eigenvalue weighted by atomic mass is 9.82. The third-order valence-electron chi connectivity index (χ3n) is 5.28. The zero-order chi connectivity index (χ0) is 17.0. The van der Waals surface area contributed by atoms with Crippen molar-refractivity contribution in [1.82, 2.24) is 0 Å². The van der Waals surface area contributed by atoms with Crippen LogP contribution in [0.2, 0.25) is 0 Å². The Morgan fingerprint density at radius 3 is 2.65 bits per heavy atom. The molecule has 23 heavy (non-hydrogen) atoms. The number of hydrogen-bond donors (Lipinski definition) is 0. The predicted molar refractivity (Wildman–Crippen MR) is 68.8 cm³/mol. The second-order valence-electron chi connectivity index (χ2n) is 6.79. The summed E-state index contributed by atoms with van der Waals surface area (Å²) >= 11 is 0. The van der Waals surface area contributed by atoms with Gasteiger partial charge in [-0.15, -0.1) is 0 Å². The average molecular weight is 338 g/mol. The molecule has 5 atom stereocenters. The number of esters is 2. The maximum absolute atomic E-state index is 13.1. The second kappa shape index (κ2) is 5.34. The lowest BCUT2D eigenvalue weighted by Gasteiger charge is -2.24. The molecule has 3 aliphatic rings. The van der Waals surface area contributed by atoms with E-state index in [1.807, 2.05) is 0 Å². The molecule has 0 amide bonds. The summed E-state index contributed by atoms with van der Waals surface area (Å²) in [6.45, 7) is -0.179. The predicted octanol–water partition coefficient (Wildman–Crippen LogP) is 2.80. The van der Waals surface area contributed by atoms with Crippen molar-refractivity contribution in [2.75, 3.05) is 6.61 Å². The quantitative estimate of drug-likeness (QED) is 0.425. The fourth-order valence-corrected chi connectivity index (χ4v) is 4.06. The molecule has 1 heterocycles. The van der Waals surface area contributed by atoms with Gasteiger partial charge in [-0.05, 0) is 25.2 Å². The van der Waals surface area contributed by atoms with Crippen LogP contribution in [0.15, 0.2) is 0 Å². The first-order valence-corrected chi connectivity index (χ1v) is 7.74. The minimum absolute atomic E-state index is 0.0235. The fraction of sp³-hybridized carbons (Fsp3) is 0.867. The molecule has 8 heteroatoms. The third-order valence-corrected chi connectivity index (χ3v) is 5.28. The molecular formula is C15H18F4O4. The van der Waals surface area contributed by atoms with Gasteiger partial charge in [0.05, 0.1) is 18.4 Å². The highest BCUT2D eigenvalue weighted by molar-refractivity contribution is 5.81. The largest absolute Gasteiger partial charge is 0.465 e. The topological polar surface area (TPSA) is 52.6 Å². The number of halogens is 4. The van der Waals surface area contributed by atoms with Crippen molar-refractivity contribution >= 4 is 11.9 Å². The van der Waals surface area contributed by atoms with E-state index < -0.39 is 36.3 Å². The van der Waals surface area contributed by atoms with E-state index in [4.69, 9.17) is 9.47 Å². The molecule has 2 aliphatic carbocycles. The molecule has 5 unspecified atom stereocenters. The number of hydrogen-bond acceptors (Lipinski definition) is 4. The Balaban J connectivity index is 1.47. The fourth-order valence-electron chi connectivity index (χ4n) is 4.06.